The third kappa shape index (κ3) is 5.98. The fourth-order valence-corrected chi connectivity index (χ4v) is 1.84. The molecule has 6 nitrogen and oxygen atoms in total. The average molecular weight is 349 g/mol. The SMILES string of the molecule is COc1ccc(C(=O)NC(CC(F)(F)F)C(=O)O)c(OC(C)C)c1. The van der Waals surface area contributed by atoms with E-state index in [0.717, 1.165) is 0 Å². The summed E-state index contributed by atoms with van der Waals surface area (Å²) in [4.78, 5) is 23.1. The molecule has 0 saturated heterocycles. The summed E-state index contributed by atoms with van der Waals surface area (Å²) in [7, 11) is 1.40. The molecule has 0 heterocycles. The third-order valence-corrected chi connectivity index (χ3v) is 2.84. The van der Waals surface area contributed by atoms with E-state index in [2.05, 4.69) is 0 Å². The van der Waals surface area contributed by atoms with Crippen molar-refractivity contribution in [3.63, 3.8) is 0 Å². The van der Waals surface area contributed by atoms with E-state index < -0.39 is 30.5 Å². The second kappa shape index (κ2) is 7.89. The third-order valence-electron chi connectivity index (χ3n) is 2.84. The normalized spacial score (nSPS) is 12.6. The Kier molecular flexibility index (Phi) is 6.44. The molecule has 0 saturated carbocycles. The predicted molar refractivity (Wildman–Crippen MR) is 78.3 cm³/mol. The first-order chi connectivity index (χ1) is 11.0. The summed E-state index contributed by atoms with van der Waals surface area (Å²) in [5.74, 6) is -2.30. The highest BCUT2D eigenvalue weighted by Gasteiger charge is 2.36. The van der Waals surface area contributed by atoms with E-state index in [1.807, 2.05) is 5.32 Å². The molecule has 2 N–H and O–H groups in total. The number of carbonyl (C=O) groups is 2. The van der Waals surface area contributed by atoms with Gasteiger partial charge in [-0.3, -0.25) is 4.79 Å². The average Bonchev–Trinajstić information content (AvgIpc) is 2.44. The van der Waals surface area contributed by atoms with Crippen molar-refractivity contribution >= 4 is 11.9 Å². The molecule has 134 valence electrons. The number of nitrogens with one attached hydrogen (secondary N) is 1. The lowest BCUT2D eigenvalue weighted by molar-refractivity contribution is -0.157. The summed E-state index contributed by atoms with van der Waals surface area (Å²) in [6.07, 6.45) is -6.72. The zero-order valence-electron chi connectivity index (χ0n) is 13.3. The van der Waals surface area contributed by atoms with Gasteiger partial charge in [-0.1, -0.05) is 0 Å². The van der Waals surface area contributed by atoms with Gasteiger partial charge in [0.2, 0.25) is 0 Å². The van der Waals surface area contributed by atoms with Crippen molar-refractivity contribution in [3.8, 4) is 11.5 Å². The number of rotatable bonds is 7. The number of benzene rings is 1. The molecule has 0 radical (unpaired) electrons. The maximum atomic E-state index is 12.4. The van der Waals surface area contributed by atoms with E-state index in [1.54, 1.807) is 13.8 Å². The van der Waals surface area contributed by atoms with Crippen LogP contribution in [0.1, 0.15) is 30.6 Å². The minimum Gasteiger partial charge on any atom is -0.497 e. The van der Waals surface area contributed by atoms with Crippen LogP contribution in [0.25, 0.3) is 0 Å². The van der Waals surface area contributed by atoms with Crippen LogP contribution in [0.3, 0.4) is 0 Å². The summed E-state index contributed by atoms with van der Waals surface area (Å²) >= 11 is 0. The number of carboxylic acid groups (broad SMARTS) is 1. The molecule has 1 aromatic carbocycles. The van der Waals surface area contributed by atoms with E-state index in [1.165, 1.54) is 25.3 Å². The molecule has 1 amide bonds. The zero-order chi connectivity index (χ0) is 18.5. The molecule has 1 unspecified atom stereocenters. The van der Waals surface area contributed by atoms with Gasteiger partial charge in [-0.25, -0.2) is 4.79 Å². The van der Waals surface area contributed by atoms with Crippen molar-refractivity contribution < 1.29 is 37.3 Å². The van der Waals surface area contributed by atoms with E-state index in [0.29, 0.717) is 5.75 Å². The Morgan fingerprint density at radius 2 is 1.92 bits per heavy atom. The molecular formula is C15H18F3NO5. The van der Waals surface area contributed by atoms with Gasteiger partial charge in [0.05, 0.1) is 25.2 Å². The number of aliphatic carboxylic acids is 1. The summed E-state index contributed by atoms with van der Waals surface area (Å²) in [6, 6.07) is 2.01. The first kappa shape index (κ1) is 19.6. The molecule has 0 aliphatic rings. The largest absolute Gasteiger partial charge is 0.497 e. The molecule has 0 bridgehead atoms. The lowest BCUT2D eigenvalue weighted by Gasteiger charge is -2.19. The van der Waals surface area contributed by atoms with Crippen LogP contribution >= 0.6 is 0 Å². The van der Waals surface area contributed by atoms with Gasteiger partial charge in [-0.05, 0) is 26.0 Å². The van der Waals surface area contributed by atoms with Crippen LogP contribution in [0.2, 0.25) is 0 Å². The molecule has 24 heavy (non-hydrogen) atoms. The van der Waals surface area contributed by atoms with E-state index in [9.17, 15) is 22.8 Å². The quantitative estimate of drug-likeness (QED) is 0.790. The summed E-state index contributed by atoms with van der Waals surface area (Å²) in [6.45, 7) is 3.40. The fraction of sp³-hybridized carbons (Fsp3) is 0.467. The van der Waals surface area contributed by atoms with Crippen LogP contribution in [-0.4, -0.2) is 42.4 Å². The van der Waals surface area contributed by atoms with E-state index >= 15 is 0 Å². The molecule has 0 fully saturated rings. The lowest BCUT2D eigenvalue weighted by atomic mass is 10.1. The number of carboxylic acids is 1. The van der Waals surface area contributed by atoms with Crippen molar-refractivity contribution in [3.05, 3.63) is 23.8 Å². The highest BCUT2D eigenvalue weighted by atomic mass is 19.4. The van der Waals surface area contributed by atoms with Crippen molar-refractivity contribution in [2.45, 2.75) is 38.6 Å². The standard InChI is InChI=1S/C15H18F3NO5/c1-8(2)24-12-6-9(23-3)4-5-10(12)13(20)19-11(14(21)22)7-15(16,17)18/h4-6,8,11H,7H2,1-3H3,(H,19,20)(H,21,22). The maximum absolute atomic E-state index is 12.4. The number of hydrogen-bond acceptors (Lipinski definition) is 4. The van der Waals surface area contributed by atoms with Gasteiger partial charge in [-0.2, -0.15) is 13.2 Å². The molecule has 9 heteroatoms. The Balaban J connectivity index is 3.06. The Bertz CT molecular complexity index is 601. The van der Waals surface area contributed by atoms with Crippen molar-refractivity contribution in [1.29, 1.82) is 0 Å². The van der Waals surface area contributed by atoms with Crippen LogP contribution < -0.4 is 14.8 Å². The maximum Gasteiger partial charge on any atom is 0.391 e. The topological polar surface area (TPSA) is 84.9 Å². The number of carbonyl (C=O) groups excluding carboxylic acids is 1. The number of ether oxygens (including phenoxy) is 2. The Hall–Kier alpha value is -2.45. The smallest absolute Gasteiger partial charge is 0.391 e. The van der Waals surface area contributed by atoms with E-state index in [4.69, 9.17) is 14.6 Å². The first-order valence-corrected chi connectivity index (χ1v) is 6.98. The summed E-state index contributed by atoms with van der Waals surface area (Å²) in [5, 5.41) is 10.7. The lowest BCUT2D eigenvalue weighted by Crippen LogP contribution is -2.43. The number of halogens is 3. The van der Waals surface area contributed by atoms with Gasteiger partial charge in [0.25, 0.3) is 5.91 Å². The fourth-order valence-electron chi connectivity index (χ4n) is 1.84. The van der Waals surface area contributed by atoms with Crippen LogP contribution in [0, 0.1) is 0 Å². The molecule has 1 aromatic rings. The number of hydrogen-bond donors (Lipinski definition) is 2. The summed E-state index contributed by atoms with van der Waals surface area (Å²) < 4.78 is 47.7. The number of amides is 1. The molecular weight excluding hydrogens is 331 g/mol. The molecule has 0 spiro atoms. The number of alkyl halides is 3. The molecule has 1 rings (SSSR count). The number of methoxy groups -OCH3 is 1. The highest BCUT2D eigenvalue weighted by Crippen LogP contribution is 2.27. The predicted octanol–water partition coefficient (Wildman–Crippen LogP) is 2.62. The monoisotopic (exact) mass is 349 g/mol. The Labute approximate surface area is 136 Å². The van der Waals surface area contributed by atoms with Gasteiger partial charge in [0.15, 0.2) is 0 Å². The van der Waals surface area contributed by atoms with Gasteiger partial charge < -0.3 is 19.9 Å². The Morgan fingerprint density at radius 1 is 1.29 bits per heavy atom. The molecule has 0 aromatic heterocycles. The Morgan fingerprint density at radius 3 is 2.38 bits per heavy atom. The van der Waals surface area contributed by atoms with Crippen molar-refractivity contribution in [2.24, 2.45) is 0 Å². The van der Waals surface area contributed by atoms with Gasteiger partial charge in [0.1, 0.15) is 17.5 Å². The summed E-state index contributed by atoms with van der Waals surface area (Å²) in [5.41, 5.74) is -0.0853. The highest BCUT2D eigenvalue weighted by molar-refractivity contribution is 5.99. The van der Waals surface area contributed by atoms with Gasteiger partial charge >= 0.3 is 12.1 Å². The minimum absolute atomic E-state index is 0.0815. The molecule has 0 aliphatic carbocycles. The molecule has 0 aliphatic heterocycles. The first-order valence-electron chi connectivity index (χ1n) is 6.98. The van der Waals surface area contributed by atoms with Crippen LogP contribution in [0.5, 0.6) is 11.5 Å². The van der Waals surface area contributed by atoms with Gasteiger partial charge in [-0.15, -0.1) is 0 Å². The van der Waals surface area contributed by atoms with Gasteiger partial charge in [0, 0.05) is 6.07 Å². The second-order valence-electron chi connectivity index (χ2n) is 5.21. The van der Waals surface area contributed by atoms with E-state index in [-0.39, 0.29) is 17.4 Å². The molecule has 1 atom stereocenters. The zero-order valence-corrected chi connectivity index (χ0v) is 13.3. The van der Waals surface area contributed by atoms with Crippen molar-refractivity contribution in [2.75, 3.05) is 7.11 Å². The minimum atomic E-state index is -4.73. The van der Waals surface area contributed by atoms with Crippen LogP contribution in [0.15, 0.2) is 18.2 Å². The van der Waals surface area contributed by atoms with Crippen molar-refractivity contribution in [1.82, 2.24) is 5.32 Å². The second-order valence-corrected chi connectivity index (χ2v) is 5.21. The van der Waals surface area contributed by atoms with Crippen LogP contribution in [-0.2, 0) is 4.79 Å². The van der Waals surface area contributed by atoms with Crippen LogP contribution in [0.4, 0.5) is 13.2 Å².